The molecule has 2 aromatic rings. The predicted octanol–water partition coefficient (Wildman–Crippen LogP) is 4.53. The lowest BCUT2D eigenvalue weighted by Crippen LogP contribution is -2.37. The fraction of sp³-hybridized carbons (Fsp3) is 0.368. The minimum absolute atomic E-state index is 0.0289. The number of ether oxygens (including phenoxy) is 1. The fourth-order valence-corrected chi connectivity index (χ4v) is 3.12. The molecular formula is C19H17F6N3O2. The highest BCUT2D eigenvalue weighted by Gasteiger charge is 2.33. The van der Waals surface area contributed by atoms with Crippen LogP contribution in [0.25, 0.3) is 0 Å². The van der Waals surface area contributed by atoms with E-state index in [0.29, 0.717) is 24.0 Å². The number of aryl methyl sites for hydroxylation is 1. The van der Waals surface area contributed by atoms with Gasteiger partial charge < -0.3 is 15.4 Å². The summed E-state index contributed by atoms with van der Waals surface area (Å²) in [5.74, 6) is -0.239. The zero-order chi connectivity index (χ0) is 21.9. The molecule has 1 atom stereocenters. The van der Waals surface area contributed by atoms with Gasteiger partial charge in [0.2, 0.25) is 5.88 Å². The van der Waals surface area contributed by atoms with Crippen molar-refractivity contribution in [2.75, 3.05) is 6.61 Å². The number of rotatable bonds is 5. The SMILES string of the molecule is O=C(NCc1ccnc(OCC(F)(F)F)c1)N[C@@H]1CCc2ccc(C(F)(F)F)cc21. The van der Waals surface area contributed by atoms with Crippen molar-refractivity contribution in [1.29, 1.82) is 0 Å². The van der Waals surface area contributed by atoms with Crippen LogP contribution in [0.1, 0.15) is 34.7 Å². The largest absolute Gasteiger partial charge is 0.468 e. The van der Waals surface area contributed by atoms with Crippen LogP contribution in [0.3, 0.4) is 0 Å². The van der Waals surface area contributed by atoms with Crippen LogP contribution in [0.4, 0.5) is 31.1 Å². The maximum atomic E-state index is 12.9. The second-order valence-electron chi connectivity index (χ2n) is 6.74. The Morgan fingerprint density at radius 2 is 1.90 bits per heavy atom. The fourth-order valence-electron chi connectivity index (χ4n) is 3.12. The molecule has 1 heterocycles. The Balaban J connectivity index is 1.57. The quantitative estimate of drug-likeness (QED) is 0.682. The number of alkyl halides is 6. The first-order valence-corrected chi connectivity index (χ1v) is 8.90. The van der Waals surface area contributed by atoms with E-state index in [1.54, 1.807) is 0 Å². The highest BCUT2D eigenvalue weighted by molar-refractivity contribution is 5.74. The average Bonchev–Trinajstić information content (AvgIpc) is 3.06. The maximum Gasteiger partial charge on any atom is 0.422 e. The van der Waals surface area contributed by atoms with Crippen LogP contribution < -0.4 is 15.4 Å². The normalized spacial score (nSPS) is 16.1. The summed E-state index contributed by atoms with van der Waals surface area (Å²) in [6.45, 7) is -1.52. The average molecular weight is 433 g/mol. The van der Waals surface area contributed by atoms with Crippen LogP contribution in [-0.2, 0) is 19.1 Å². The number of hydrogen-bond acceptors (Lipinski definition) is 3. The van der Waals surface area contributed by atoms with E-state index in [4.69, 9.17) is 0 Å². The smallest absolute Gasteiger partial charge is 0.422 e. The monoisotopic (exact) mass is 433 g/mol. The van der Waals surface area contributed by atoms with Crippen LogP contribution in [0.15, 0.2) is 36.5 Å². The number of pyridine rings is 1. The topological polar surface area (TPSA) is 63.2 Å². The molecule has 162 valence electrons. The molecule has 30 heavy (non-hydrogen) atoms. The Bertz CT molecular complexity index is 914. The Morgan fingerprint density at radius 3 is 2.60 bits per heavy atom. The van der Waals surface area contributed by atoms with Gasteiger partial charge >= 0.3 is 18.4 Å². The molecule has 2 N–H and O–H groups in total. The number of amides is 2. The minimum atomic E-state index is -4.50. The summed E-state index contributed by atoms with van der Waals surface area (Å²) in [5.41, 5.74) is 0.836. The highest BCUT2D eigenvalue weighted by atomic mass is 19.4. The lowest BCUT2D eigenvalue weighted by atomic mass is 10.0. The molecule has 0 aliphatic heterocycles. The number of aromatic nitrogens is 1. The van der Waals surface area contributed by atoms with Gasteiger partial charge in [-0.15, -0.1) is 0 Å². The van der Waals surface area contributed by atoms with Gasteiger partial charge in [-0.3, -0.25) is 0 Å². The van der Waals surface area contributed by atoms with E-state index in [0.717, 1.165) is 17.7 Å². The molecule has 0 saturated heterocycles. The number of halogens is 6. The summed E-state index contributed by atoms with van der Waals surface area (Å²) >= 11 is 0. The summed E-state index contributed by atoms with van der Waals surface area (Å²) in [7, 11) is 0. The molecule has 2 amide bonds. The number of nitrogens with zero attached hydrogens (tertiary/aromatic N) is 1. The van der Waals surface area contributed by atoms with Gasteiger partial charge in [-0.2, -0.15) is 26.3 Å². The number of hydrogen-bond donors (Lipinski definition) is 2. The molecule has 1 aromatic carbocycles. The van der Waals surface area contributed by atoms with Crippen molar-refractivity contribution in [3.8, 4) is 5.88 Å². The van der Waals surface area contributed by atoms with Crippen molar-refractivity contribution in [2.24, 2.45) is 0 Å². The van der Waals surface area contributed by atoms with Crippen molar-refractivity contribution < 1.29 is 35.9 Å². The van der Waals surface area contributed by atoms with E-state index >= 15 is 0 Å². The van der Waals surface area contributed by atoms with Crippen molar-refractivity contribution in [1.82, 2.24) is 15.6 Å². The third kappa shape index (κ3) is 5.77. The van der Waals surface area contributed by atoms with E-state index < -0.39 is 36.6 Å². The molecule has 1 aliphatic carbocycles. The van der Waals surface area contributed by atoms with E-state index in [9.17, 15) is 31.1 Å². The molecule has 1 aliphatic rings. The van der Waals surface area contributed by atoms with E-state index in [1.807, 2.05) is 0 Å². The Morgan fingerprint density at radius 1 is 1.13 bits per heavy atom. The number of carbonyl (C=O) groups excluding carboxylic acids is 1. The van der Waals surface area contributed by atoms with Crippen molar-refractivity contribution in [3.05, 3.63) is 58.8 Å². The van der Waals surface area contributed by atoms with Crippen LogP contribution in [0.5, 0.6) is 5.88 Å². The van der Waals surface area contributed by atoms with Gasteiger partial charge in [0.1, 0.15) is 0 Å². The lowest BCUT2D eigenvalue weighted by molar-refractivity contribution is -0.154. The zero-order valence-corrected chi connectivity index (χ0v) is 15.4. The molecule has 0 bridgehead atoms. The van der Waals surface area contributed by atoms with Crippen LogP contribution in [0, 0.1) is 0 Å². The number of nitrogens with one attached hydrogen (secondary N) is 2. The molecule has 5 nitrogen and oxygen atoms in total. The number of carbonyl (C=O) groups is 1. The van der Waals surface area contributed by atoms with Gasteiger partial charge in [0.15, 0.2) is 6.61 Å². The van der Waals surface area contributed by atoms with Gasteiger partial charge in [-0.25, -0.2) is 9.78 Å². The van der Waals surface area contributed by atoms with E-state index in [-0.39, 0.29) is 12.4 Å². The van der Waals surface area contributed by atoms with Gasteiger partial charge in [-0.1, -0.05) is 6.07 Å². The van der Waals surface area contributed by atoms with E-state index in [2.05, 4.69) is 20.4 Å². The summed E-state index contributed by atoms with van der Waals surface area (Å²) in [5, 5.41) is 5.15. The number of urea groups is 1. The minimum Gasteiger partial charge on any atom is -0.468 e. The Kier molecular flexibility index (Phi) is 6.09. The number of benzene rings is 1. The van der Waals surface area contributed by atoms with Gasteiger partial charge in [0.25, 0.3) is 0 Å². The highest BCUT2D eigenvalue weighted by Crippen LogP contribution is 2.36. The summed E-state index contributed by atoms with van der Waals surface area (Å²) in [6.07, 6.45) is -6.72. The maximum absolute atomic E-state index is 12.9. The van der Waals surface area contributed by atoms with Crippen molar-refractivity contribution in [2.45, 2.75) is 37.8 Å². The molecule has 11 heteroatoms. The molecule has 0 radical (unpaired) electrons. The standard InChI is InChI=1S/C19H17F6N3O2/c20-18(21,22)10-30-16-7-11(5-6-26-16)9-27-17(29)28-15-4-2-12-1-3-13(8-14(12)15)19(23,24)25/h1,3,5-8,15H,2,4,9-10H2,(H2,27,28,29)/t15-/m1/s1. The van der Waals surface area contributed by atoms with Crippen LogP contribution in [-0.4, -0.2) is 23.8 Å². The molecule has 1 aromatic heterocycles. The van der Waals surface area contributed by atoms with Crippen LogP contribution >= 0.6 is 0 Å². The zero-order valence-electron chi connectivity index (χ0n) is 15.4. The second-order valence-corrected chi connectivity index (χ2v) is 6.74. The first-order chi connectivity index (χ1) is 14.0. The first kappa shape index (κ1) is 21.7. The summed E-state index contributed by atoms with van der Waals surface area (Å²) < 4.78 is 80.0. The first-order valence-electron chi connectivity index (χ1n) is 8.90. The summed E-state index contributed by atoms with van der Waals surface area (Å²) in [4.78, 5) is 15.8. The molecule has 0 unspecified atom stereocenters. The van der Waals surface area contributed by atoms with Gasteiger partial charge in [-0.05, 0) is 47.7 Å². The molecular weight excluding hydrogens is 416 g/mol. The third-order valence-electron chi connectivity index (χ3n) is 4.49. The van der Waals surface area contributed by atoms with Crippen molar-refractivity contribution >= 4 is 6.03 Å². The second kappa shape index (κ2) is 8.41. The van der Waals surface area contributed by atoms with Gasteiger partial charge in [0.05, 0.1) is 11.6 Å². The van der Waals surface area contributed by atoms with E-state index in [1.165, 1.54) is 24.4 Å². The lowest BCUT2D eigenvalue weighted by Gasteiger charge is -2.16. The molecule has 0 fully saturated rings. The van der Waals surface area contributed by atoms with Crippen molar-refractivity contribution in [3.63, 3.8) is 0 Å². The Labute approximate surface area is 167 Å². The molecule has 0 spiro atoms. The van der Waals surface area contributed by atoms with Crippen LogP contribution in [0.2, 0.25) is 0 Å². The van der Waals surface area contributed by atoms with Gasteiger partial charge in [0, 0.05) is 18.8 Å². The predicted molar refractivity (Wildman–Crippen MR) is 93.7 cm³/mol. The molecule has 0 saturated carbocycles. The molecule has 3 rings (SSSR count). The Hall–Kier alpha value is -2.98. The third-order valence-corrected chi connectivity index (χ3v) is 4.49. The number of fused-ring (bicyclic) bond motifs is 1. The summed E-state index contributed by atoms with van der Waals surface area (Å²) in [6, 6.07) is 5.04.